The summed E-state index contributed by atoms with van der Waals surface area (Å²) in [5, 5.41) is 9.93. The quantitative estimate of drug-likeness (QED) is 0.476. The highest BCUT2D eigenvalue weighted by atomic mass is 19.1. The summed E-state index contributed by atoms with van der Waals surface area (Å²) in [5.74, 6) is -1.34. The molecule has 6 rings (SSSR count). The number of hydrazone groups is 1. The van der Waals surface area contributed by atoms with Gasteiger partial charge in [0.1, 0.15) is 17.7 Å². The lowest BCUT2D eigenvalue weighted by molar-refractivity contribution is 0.0230. The van der Waals surface area contributed by atoms with Crippen molar-refractivity contribution >= 4 is 12.2 Å². The highest BCUT2D eigenvalue weighted by molar-refractivity contribution is 5.79. The van der Waals surface area contributed by atoms with E-state index in [2.05, 4.69) is 20.2 Å². The number of carbonyl (C=O) groups excluding carboxylic acids is 1. The number of hydrogen-bond acceptors (Lipinski definition) is 6. The number of hydrogen-bond donors (Lipinski definition) is 0. The number of halogens is 3. The summed E-state index contributed by atoms with van der Waals surface area (Å²) in [6, 6.07) is 2.13. The Labute approximate surface area is 216 Å². The number of carbonyl (C=O) groups is 1. The first-order chi connectivity index (χ1) is 18.3. The topological polar surface area (TPSA) is 88.7 Å². The summed E-state index contributed by atoms with van der Waals surface area (Å²) in [4.78, 5) is 23.0. The van der Waals surface area contributed by atoms with Crippen molar-refractivity contribution in [3.05, 3.63) is 58.8 Å². The van der Waals surface area contributed by atoms with Crippen LogP contribution < -0.4 is 4.74 Å². The predicted molar refractivity (Wildman–Crippen MR) is 131 cm³/mol. The zero-order valence-corrected chi connectivity index (χ0v) is 20.9. The van der Waals surface area contributed by atoms with Gasteiger partial charge in [-0.25, -0.2) is 23.6 Å². The van der Waals surface area contributed by atoms with Crippen molar-refractivity contribution in [3.63, 3.8) is 0 Å². The number of ether oxygens (including phenoxy) is 1. The SMILES string of the molecule is Cc1nn(CC2CC2)c(C)c1-c1ncc(F)c(OC2CN(C(=O)N3N=CC[C@H]3c3cc(F)cc(F)c3)C2)n1. The van der Waals surface area contributed by atoms with Gasteiger partial charge in [0.25, 0.3) is 5.88 Å². The van der Waals surface area contributed by atoms with Gasteiger partial charge in [0.05, 0.1) is 36.6 Å². The van der Waals surface area contributed by atoms with Crippen molar-refractivity contribution in [2.45, 2.75) is 51.8 Å². The third-order valence-corrected chi connectivity index (χ3v) is 7.14. The summed E-state index contributed by atoms with van der Waals surface area (Å²) in [6.07, 6.45) is 4.88. The number of benzene rings is 1. The fourth-order valence-corrected chi connectivity index (χ4v) is 4.91. The maximum Gasteiger partial charge on any atom is 0.341 e. The van der Waals surface area contributed by atoms with Gasteiger partial charge in [-0.1, -0.05) is 0 Å². The van der Waals surface area contributed by atoms with Gasteiger partial charge in [-0.15, -0.1) is 0 Å². The van der Waals surface area contributed by atoms with Gasteiger partial charge in [-0.2, -0.15) is 19.6 Å². The van der Waals surface area contributed by atoms with Crippen LogP contribution in [0.5, 0.6) is 5.88 Å². The predicted octanol–water partition coefficient (Wildman–Crippen LogP) is 4.40. The second-order valence-electron chi connectivity index (χ2n) is 10.0. The van der Waals surface area contributed by atoms with E-state index in [0.29, 0.717) is 23.7 Å². The number of urea groups is 1. The molecule has 1 atom stereocenters. The number of aromatic nitrogens is 4. The maximum absolute atomic E-state index is 14.6. The first-order valence-corrected chi connectivity index (χ1v) is 12.6. The van der Waals surface area contributed by atoms with Gasteiger partial charge in [0.2, 0.25) is 5.82 Å². The minimum absolute atomic E-state index is 0.186. The largest absolute Gasteiger partial charge is 0.468 e. The molecule has 3 aromatic rings. The molecule has 1 aliphatic carbocycles. The molecule has 0 N–H and O–H groups in total. The lowest BCUT2D eigenvalue weighted by Crippen LogP contribution is -2.59. The average Bonchev–Trinajstić information content (AvgIpc) is 3.43. The van der Waals surface area contributed by atoms with E-state index in [9.17, 15) is 18.0 Å². The molecular formula is C26H26F3N7O2. The third kappa shape index (κ3) is 4.59. The lowest BCUT2D eigenvalue weighted by Gasteiger charge is -2.40. The van der Waals surface area contributed by atoms with Gasteiger partial charge in [-0.05, 0) is 50.3 Å². The first kappa shape index (κ1) is 24.4. The average molecular weight is 526 g/mol. The van der Waals surface area contributed by atoms with Gasteiger partial charge < -0.3 is 9.64 Å². The smallest absolute Gasteiger partial charge is 0.341 e. The molecule has 12 heteroatoms. The second-order valence-corrected chi connectivity index (χ2v) is 10.0. The Morgan fingerprint density at radius 1 is 1.11 bits per heavy atom. The molecule has 1 saturated heterocycles. The van der Waals surface area contributed by atoms with Crippen LogP contribution in [-0.2, 0) is 6.54 Å². The Hall–Kier alpha value is -3.96. The van der Waals surface area contributed by atoms with Crippen molar-refractivity contribution in [3.8, 4) is 17.3 Å². The summed E-state index contributed by atoms with van der Waals surface area (Å²) in [5.41, 5.74) is 2.77. The normalized spacial score (nSPS) is 19.2. The molecule has 9 nitrogen and oxygen atoms in total. The third-order valence-electron chi connectivity index (χ3n) is 7.14. The van der Waals surface area contributed by atoms with Crippen molar-refractivity contribution in [2.24, 2.45) is 11.0 Å². The van der Waals surface area contributed by atoms with E-state index >= 15 is 0 Å². The highest BCUT2D eigenvalue weighted by Crippen LogP contribution is 2.34. The van der Waals surface area contributed by atoms with Gasteiger partial charge in [0, 0.05) is 30.9 Å². The van der Waals surface area contributed by atoms with Gasteiger partial charge in [0.15, 0.2) is 5.82 Å². The Bertz CT molecular complexity index is 1410. The van der Waals surface area contributed by atoms with Crippen molar-refractivity contribution in [1.29, 1.82) is 0 Å². The summed E-state index contributed by atoms with van der Waals surface area (Å²) in [6.45, 7) is 5.04. The number of rotatable bonds is 6. The zero-order chi connectivity index (χ0) is 26.6. The Kier molecular flexibility index (Phi) is 6.04. The Balaban J connectivity index is 1.12. The van der Waals surface area contributed by atoms with Crippen LogP contribution in [0.15, 0.2) is 29.5 Å². The van der Waals surface area contributed by atoms with Crippen LogP contribution in [0.1, 0.15) is 42.3 Å². The van der Waals surface area contributed by atoms with Gasteiger partial charge >= 0.3 is 6.03 Å². The highest BCUT2D eigenvalue weighted by Gasteiger charge is 2.39. The summed E-state index contributed by atoms with van der Waals surface area (Å²) in [7, 11) is 0. The molecule has 1 aromatic carbocycles. The van der Waals surface area contributed by atoms with Gasteiger partial charge in [-0.3, -0.25) is 4.68 Å². The Morgan fingerprint density at radius 3 is 2.55 bits per heavy atom. The molecule has 3 aliphatic rings. The van der Waals surface area contributed by atoms with Crippen LogP contribution >= 0.6 is 0 Å². The van der Waals surface area contributed by atoms with Crippen molar-refractivity contribution in [2.75, 3.05) is 13.1 Å². The van der Waals surface area contributed by atoms with Crippen LogP contribution in [0, 0.1) is 37.2 Å². The molecule has 0 bridgehead atoms. The molecule has 2 aliphatic heterocycles. The van der Waals surface area contributed by atoms with E-state index in [0.717, 1.165) is 35.8 Å². The van der Waals surface area contributed by atoms with Crippen LogP contribution in [0.25, 0.3) is 11.4 Å². The monoisotopic (exact) mass is 525 g/mol. The molecule has 2 aromatic heterocycles. The van der Waals surface area contributed by atoms with Crippen LogP contribution in [0.4, 0.5) is 18.0 Å². The summed E-state index contributed by atoms with van der Waals surface area (Å²) < 4.78 is 49.7. The van der Waals surface area contributed by atoms with Crippen molar-refractivity contribution < 1.29 is 22.7 Å². The standard InChI is InChI=1S/C26H26F3N7O2/c1-14-23(15(2)35(33-14)11-16-3-4-16)24-30-10-21(29)25(32-24)38-20-12-34(13-20)26(37)36-22(5-6-31-36)17-7-18(27)9-19(28)8-17/h6-10,16,20,22H,3-5,11-13H2,1-2H3/t22-/m0/s1. The zero-order valence-electron chi connectivity index (χ0n) is 20.9. The van der Waals surface area contributed by atoms with E-state index < -0.39 is 35.6 Å². The molecule has 0 spiro atoms. The molecule has 198 valence electrons. The lowest BCUT2D eigenvalue weighted by atomic mass is 10.0. The van der Waals surface area contributed by atoms with E-state index in [1.807, 2.05) is 18.5 Å². The minimum Gasteiger partial charge on any atom is -0.468 e. The Morgan fingerprint density at radius 2 is 1.84 bits per heavy atom. The number of likely N-dealkylation sites (tertiary alicyclic amines) is 1. The molecule has 2 fully saturated rings. The first-order valence-electron chi connectivity index (χ1n) is 12.6. The minimum atomic E-state index is -0.719. The van der Waals surface area contributed by atoms with E-state index in [1.54, 1.807) is 0 Å². The van der Waals surface area contributed by atoms with Crippen molar-refractivity contribution in [1.82, 2.24) is 29.7 Å². The van der Waals surface area contributed by atoms with E-state index in [-0.39, 0.29) is 19.0 Å². The van der Waals surface area contributed by atoms with Crippen LogP contribution in [0.3, 0.4) is 0 Å². The molecule has 1 saturated carbocycles. The van der Waals surface area contributed by atoms with E-state index in [4.69, 9.17) is 4.74 Å². The van der Waals surface area contributed by atoms with E-state index in [1.165, 1.54) is 41.1 Å². The van der Waals surface area contributed by atoms with Crippen LogP contribution in [0.2, 0.25) is 0 Å². The molecule has 0 radical (unpaired) electrons. The molecule has 2 amide bonds. The number of nitrogens with zero attached hydrogens (tertiary/aromatic N) is 7. The maximum atomic E-state index is 14.6. The molecular weight excluding hydrogens is 499 g/mol. The fraction of sp³-hybridized carbons (Fsp3) is 0.423. The molecule has 0 unspecified atom stereocenters. The molecule has 38 heavy (non-hydrogen) atoms. The number of aryl methyl sites for hydroxylation is 1. The molecule has 4 heterocycles. The second kappa shape index (κ2) is 9.41. The fourth-order valence-electron chi connectivity index (χ4n) is 4.91. The van der Waals surface area contributed by atoms with Crippen LogP contribution in [-0.4, -0.2) is 61.1 Å². The summed E-state index contributed by atoms with van der Waals surface area (Å²) >= 11 is 0. The number of amides is 2.